The Morgan fingerprint density at radius 3 is 1.93 bits per heavy atom. The van der Waals surface area contributed by atoms with E-state index >= 15 is 0 Å². The second-order valence-corrected chi connectivity index (χ2v) is 6.63. The normalized spacial score (nSPS) is 10.4. The van der Waals surface area contributed by atoms with E-state index in [1.807, 2.05) is 37.3 Å². The fourth-order valence-corrected chi connectivity index (χ4v) is 2.85. The van der Waals surface area contributed by atoms with E-state index in [4.69, 9.17) is 4.42 Å². The maximum Gasteiger partial charge on any atom is 0.269 e. The van der Waals surface area contributed by atoms with Crippen molar-refractivity contribution >= 4 is 11.8 Å². The molecule has 0 saturated heterocycles. The number of nitrogens with one attached hydrogen (secondary N) is 2. The number of nitrogens with zero attached hydrogens (tertiary/aromatic N) is 2. The van der Waals surface area contributed by atoms with Crippen molar-refractivity contribution in [3.63, 3.8) is 0 Å². The van der Waals surface area contributed by atoms with E-state index in [0.29, 0.717) is 28.5 Å². The Labute approximate surface area is 172 Å². The van der Waals surface area contributed by atoms with Gasteiger partial charge >= 0.3 is 0 Å². The number of hydrazine groups is 1. The summed E-state index contributed by atoms with van der Waals surface area (Å²) in [6.45, 7) is 1.99. The molecule has 7 nitrogen and oxygen atoms in total. The molecule has 1 heterocycles. The zero-order valence-electron chi connectivity index (χ0n) is 16.1. The molecule has 148 valence electrons. The molecule has 7 heteroatoms. The average molecular weight is 398 g/mol. The quantitative estimate of drug-likeness (QED) is 0.510. The number of aromatic nitrogens is 2. The molecule has 3 aromatic carbocycles. The molecule has 0 aliphatic carbocycles. The van der Waals surface area contributed by atoms with Gasteiger partial charge in [-0.05, 0) is 55.5 Å². The number of hydrogen-bond donors (Lipinski definition) is 2. The molecule has 0 aliphatic heterocycles. The highest BCUT2D eigenvalue weighted by Crippen LogP contribution is 2.24. The van der Waals surface area contributed by atoms with Gasteiger partial charge in [-0.3, -0.25) is 20.4 Å². The predicted octanol–water partition coefficient (Wildman–Crippen LogP) is 3.79. The molecule has 1 aromatic heterocycles. The van der Waals surface area contributed by atoms with Crippen LogP contribution in [-0.2, 0) is 0 Å². The second-order valence-electron chi connectivity index (χ2n) is 6.63. The van der Waals surface area contributed by atoms with Crippen LogP contribution in [0.5, 0.6) is 0 Å². The number of hydrogen-bond acceptors (Lipinski definition) is 5. The standard InChI is InChI=1S/C23H18N4O3/c1-15-6-5-9-19(14-15)23-27-26-22(30-23)18-12-10-17(11-13-18)21(29)25-24-20(28)16-7-3-2-4-8-16/h2-14H,1H3,(H,24,28)(H,25,29). The minimum absolute atomic E-state index is 0.357. The van der Waals surface area contributed by atoms with Crippen molar-refractivity contribution in [2.24, 2.45) is 0 Å². The third-order valence-electron chi connectivity index (χ3n) is 4.41. The molecule has 0 spiro atoms. The fraction of sp³-hybridized carbons (Fsp3) is 0.0435. The summed E-state index contributed by atoms with van der Waals surface area (Å²) < 4.78 is 5.76. The van der Waals surface area contributed by atoms with E-state index in [-0.39, 0.29) is 0 Å². The van der Waals surface area contributed by atoms with Crippen LogP contribution in [0.1, 0.15) is 26.3 Å². The van der Waals surface area contributed by atoms with E-state index in [1.165, 1.54) is 0 Å². The topological polar surface area (TPSA) is 97.1 Å². The van der Waals surface area contributed by atoms with Gasteiger partial charge in [-0.1, -0.05) is 35.9 Å². The summed E-state index contributed by atoms with van der Waals surface area (Å²) in [5.74, 6) is -0.0399. The Balaban J connectivity index is 1.42. The summed E-state index contributed by atoms with van der Waals surface area (Å²) in [5.41, 5.74) is 8.25. The van der Waals surface area contributed by atoms with Crippen molar-refractivity contribution < 1.29 is 14.0 Å². The third-order valence-corrected chi connectivity index (χ3v) is 4.41. The first-order chi connectivity index (χ1) is 14.6. The summed E-state index contributed by atoms with van der Waals surface area (Å²) in [5, 5.41) is 8.18. The van der Waals surface area contributed by atoms with Gasteiger partial charge in [0.2, 0.25) is 11.8 Å². The van der Waals surface area contributed by atoms with Gasteiger partial charge in [0.1, 0.15) is 0 Å². The molecular formula is C23H18N4O3. The van der Waals surface area contributed by atoms with E-state index in [0.717, 1.165) is 11.1 Å². The fourth-order valence-electron chi connectivity index (χ4n) is 2.85. The lowest BCUT2D eigenvalue weighted by molar-refractivity contribution is 0.0846. The lowest BCUT2D eigenvalue weighted by atomic mass is 10.1. The smallest absolute Gasteiger partial charge is 0.269 e. The van der Waals surface area contributed by atoms with Crippen molar-refractivity contribution in [1.29, 1.82) is 0 Å². The van der Waals surface area contributed by atoms with Crippen LogP contribution >= 0.6 is 0 Å². The summed E-state index contributed by atoms with van der Waals surface area (Å²) >= 11 is 0. The number of amides is 2. The third kappa shape index (κ3) is 4.25. The zero-order valence-corrected chi connectivity index (χ0v) is 16.1. The molecule has 4 rings (SSSR count). The van der Waals surface area contributed by atoms with E-state index in [1.54, 1.807) is 48.5 Å². The van der Waals surface area contributed by atoms with Crippen LogP contribution in [0.4, 0.5) is 0 Å². The molecule has 0 atom stereocenters. The minimum Gasteiger partial charge on any atom is -0.416 e. The predicted molar refractivity (Wildman–Crippen MR) is 111 cm³/mol. The summed E-state index contributed by atoms with van der Waals surface area (Å²) in [6, 6.07) is 23.1. The van der Waals surface area contributed by atoms with Crippen LogP contribution in [0.3, 0.4) is 0 Å². The van der Waals surface area contributed by atoms with Crippen molar-refractivity contribution in [3.05, 3.63) is 95.6 Å². The summed E-state index contributed by atoms with van der Waals surface area (Å²) in [4.78, 5) is 24.3. The van der Waals surface area contributed by atoms with Gasteiger partial charge in [0, 0.05) is 22.3 Å². The molecule has 4 aromatic rings. The van der Waals surface area contributed by atoms with Gasteiger partial charge in [-0.15, -0.1) is 10.2 Å². The molecule has 2 N–H and O–H groups in total. The maximum absolute atomic E-state index is 12.3. The number of carbonyl (C=O) groups excluding carboxylic acids is 2. The largest absolute Gasteiger partial charge is 0.416 e. The van der Waals surface area contributed by atoms with Crippen LogP contribution < -0.4 is 10.9 Å². The number of benzene rings is 3. The Bertz CT molecular complexity index is 1180. The molecule has 0 saturated carbocycles. The maximum atomic E-state index is 12.3. The first-order valence-electron chi connectivity index (χ1n) is 9.27. The van der Waals surface area contributed by atoms with Crippen LogP contribution in [0, 0.1) is 6.92 Å². The van der Waals surface area contributed by atoms with E-state index in [2.05, 4.69) is 21.0 Å². The van der Waals surface area contributed by atoms with Gasteiger partial charge in [0.15, 0.2) is 0 Å². The SMILES string of the molecule is Cc1cccc(-c2nnc(-c3ccc(C(=O)NNC(=O)c4ccccc4)cc3)o2)c1. The second kappa shape index (κ2) is 8.40. The number of rotatable bonds is 4. The van der Waals surface area contributed by atoms with Crippen molar-refractivity contribution in [2.75, 3.05) is 0 Å². The van der Waals surface area contributed by atoms with Gasteiger partial charge in [-0.25, -0.2) is 0 Å². The molecular weight excluding hydrogens is 380 g/mol. The molecule has 2 amide bonds. The Morgan fingerprint density at radius 1 is 0.700 bits per heavy atom. The van der Waals surface area contributed by atoms with Crippen LogP contribution in [-0.4, -0.2) is 22.0 Å². The monoisotopic (exact) mass is 398 g/mol. The highest BCUT2D eigenvalue weighted by atomic mass is 16.4. The van der Waals surface area contributed by atoms with Crippen molar-refractivity contribution in [1.82, 2.24) is 21.0 Å². The number of carbonyl (C=O) groups is 2. The number of aryl methyl sites for hydroxylation is 1. The minimum atomic E-state index is -0.434. The molecule has 30 heavy (non-hydrogen) atoms. The molecule has 0 unspecified atom stereocenters. The van der Waals surface area contributed by atoms with Crippen molar-refractivity contribution in [3.8, 4) is 22.9 Å². The van der Waals surface area contributed by atoms with E-state index in [9.17, 15) is 9.59 Å². The van der Waals surface area contributed by atoms with Gasteiger partial charge in [-0.2, -0.15) is 0 Å². The van der Waals surface area contributed by atoms with Crippen LogP contribution in [0.15, 0.2) is 83.3 Å². The van der Waals surface area contributed by atoms with Gasteiger partial charge in [0.25, 0.3) is 11.8 Å². The highest BCUT2D eigenvalue weighted by molar-refractivity contribution is 5.99. The first-order valence-corrected chi connectivity index (χ1v) is 9.27. The van der Waals surface area contributed by atoms with E-state index < -0.39 is 11.8 Å². The van der Waals surface area contributed by atoms with Gasteiger partial charge in [0.05, 0.1) is 0 Å². The summed E-state index contributed by atoms with van der Waals surface area (Å²) in [7, 11) is 0. The Hall–Kier alpha value is -4.26. The summed E-state index contributed by atoms with van der Waals surface area (Å²) in [6.07, 6.45) is 0. The first kappa shape index (κ1) is 19.1. The van der Waals surface area contributed by atoms with Crippen LogP contribution in [0.25, 0.3) is 22.9 Å². The zero-order chi connectivity index (χ0) is 20.9. The molecule has 0 fully saturated rings. The molecule has 0 radical (unpaired) electrons. The van der Waals surface area contributed by atoms with Crippen LogP contribution in [0.2, 0.25) is 0 Å². The van der Waals surface area contributed by atoms with Gasteiger partial charge < -0.3 is 4.42 Å². The lowest BCUT2D eigenvalue weighted by Gasteiger charge is -2.07. The highest BCUT2D eigenvalue weighted by Gasteiger charge is 2.13. The molecule has 0 bridgehead atoms. The lowest BCUT2D eigenvalue weighted by Crippen LogP contribution is -2.41. The Kier molecular flexibility index (Phi) is 5.34. The molecule has 0 aliphatic rings. The van der Waals surface area contributed by atoms with Crippen molar-refractivity contribution in [2.45, 2.75) is 6.92 Å². The Morgan fingerprint density at radius 2 is 1.30 bits per heavy atom. The average Bonchev–Trinajstić information content (AvgIpc) is 3.28.